The SMILES string of the molecule is COC(=O)C1=Cc2[nH]c3ccccc3c2CCN1. The number of esters is 1. The summed E-state index contributed by atoms with van der Waals surface area (Å²) in [7, 11) is 1.39. The van der Waals surface area contributed by atoms with E-state index in [1.54, 1.807) is 0 Å². The van der Waals surface area contributed by atoms with Crippen LogP contribution in [0, 0.1) is 0 Å². The Morgan fingerprint density at radius 1 is 1.33 bits per heavy atom. The zero-order valence-corrected chi connectivity index (χ0v) is 10.1. The molecule has 0 saturated carbocycles. The van der Waals surface area contributed by atoms with Crippen molar-refractivity contribution < 1.29 is 9.53 Å². The van der Waals surface area contributed by atoms with E-state index in [2.05, 4.69) is 16.4 Å². The highest BCUT2D eigenvalue weighted by atomic mass is 16.5. The van der Waals surface area contributed by atoms with Crippen molar-refractivity contribution in [1.82, 2.24) is 10.3 Å². The molecule has 0 radical (unpaired) electrons. The highest BCUT2D eigenvalue weighted by Crippen LogP contribution is 2.25. The van der Waals surface area contributed by atoms with Crippen LogP contribution in [0.3, 0.4) is 0 Å². The summed E-state index contributed by atoms with van der Waals surface area (Å²) in [4.78, 5) is 14.9. The lowest BCUT2D eigenvalue weighted by atomic mass is 10.1. The van der Waals surface area contributed by atoms with Gasteiger partial charge >= 0.3 is 5.97 Å². The maximum absolute atomic E-state index is 11.6. The summed E-state index contributed by atoms with van der Waals surface area (Å²) in [6, 6.07) is 8.17. The predicted molar refractivity (Wildman–Crippen MR) is 70.0 cm³/mol. The van der Waals surface area contributed by atoms with Crippen molar-refractivity contribution in [2.45, 2.75) is 6.42 Å². The van der Waals surface area contributed by atoms with Crippen molar-refractivity contribution in [3.63, 3.8) is 0 Å². The van der Waals surface area contributed by atoms with Crippen LogP contribution >= 0.6 is 0 Å². The van der Waals surface area contributed by atoms with Gasteiger partial charge in [-0.3, -0.25) is 0 Å². The number of ether oxygens (including phenoxy) is 1. The lowest BCUT2D eigenvalue weighted by Gasteiger charge is -2.05. The molecule has 2 N–H and O–H groups in total. The average molecular weight is 242 g/mol. The van der Waals surface area contributed by atoms with E-state index in [-0.39, 0.29) is 5.97 Å². The van der Waals surface area contributed by atoms with Crippen LogP contribution in [0.1, 0.15) is 11.3 Å². The van der Waals surface area contributed by atoms with E-state index in [1.165, 1.54) is 18.1 Å². The molecule has 1 aromatic carbocycles. The van der Waals surface area contributed by atoms with Gasteiger partial charge in [0.05, 0.1) is 7.11 Å². The van der Waals surface area contributed by atoms with E-state index in [9.17, 15) is 4.79 Å². The summed E-state index contributed by atoms with van der Waals surface area (Å²) in [5, 5.41) is 4.32. The Labute approximate surface area is 105 Å². The van der Waals surface area contributed by atoms with Crippen molar-refractivity contribution in [3.05, 3.63) is 41.2 Å². The molecule has 2 aromatic rings. The highest BCUT2D eigenvalue weighted by Gasteiger charge is 2.17. The minimum Gasteiger partial charge on any atom is -0.464 e. The topological polar surface area (TPSA) is 54.1 Å². The molecule has 92 valence electrons. The first-order valence-corrected chi connectivity index (χ1v) is 5.93. The standard InChI is InChI=1S/C14H14N2O2/c1-18-14(17)13-8-12-10(6-7-15-13)9-4-2-3-5-11(9)16-12/h2-5,8,15-16H,6-7H2,1H3. The number of hydrogen-bond acceptors (Lipinski definition) is 3. The number of methoxy groups -OCH3 is 1. The quantitative estimate of drug-likeness (QED) is 0.750. The molecule has 0 amide bonds. The van der Waals surface area contributed by atoms with Crippen molar-refractivity contribution in [2.75, 3.05) is 13.7 Å². The lowest BCUT2D eigenvalue weighted by Crippen LogP contribution is -2.22. The van der Waals surface area contributed by atoms with Crippen molar-refractivity contribution in [3.8, 4) is 0 Å². The van der Waals surface area contributed by atoms with Crippen LogP contribution in [0.4, 0.5) is 0 Å². The summed E-state index contributed by atoms with van der Waals surface area (Å²) in [6.07, 6.45) is 2.71. The molecule has 0 aliphatic carbocycles. The van der Waals surface area contributed by atoms with Crippen molar-refractivity contribution in [1.29, 1.82) is 0 Å². The highest BCUT2D eigenvalue weighted by molar-refractivity contribution is 5.95. The molecule has 1 aromatic heterocycles. The van der Waals surface area contributed by atoms with Gasteiger partial charge in [0.2, 0.25) is 0 Å². The maximum Gasteiger partial charge on any atom is 0.354 e. The molecule has 3 rings (SSSR count). The van der Waals surface area contributed by atoms with E-state index < -0.39 is 0 Å². The van der Waals surface area contributed by atoms with Gasteiger partial charge in [0.15, 0.2) is 0 Å². The van der Waals surface area contributed by atoms with Crippen molar-refractivity contribution >= 4 is 22.9 Å². The number of fused-ring (bicyclic) bond motifs is 3. The Balaban J connectivity index is 2.15. The Hall–Kier alpha value is -2.23. The van der Waals surface area contributed by atoms with Gasteiger partial charge in [-0.25, -0.2) is 4.79 Å². The van der Waals surface area contributed by atoms with E-state index in [0.717, 1.165) is 24.2 Å². The van der Waals surface area contributed by atoms with E-state index in [4.69, 9.17) is 4.74 Å². The maximum atomic E-state index is 11.6. The molecule has 0 atom stereocenters. The number of H-pyrrole nitrogens is 1. The molecule has 18 heavy (non-hydrogen) atoms. The van der Waals surface area contributed by atoms with E-state index in [0.29, 0.717) is 5.70 Å². The van der Waals surface area contributed by atoms with Gasteiger partial charge in [-0.15, -0.1) is 0 Å². The number of rotatable bonds is 1. The van der Waals surface area contributed by atoms with E-state index in [1.807, 2.05) is 24.3 Å². The van der Waals surface area contributed by atoms with Crippen LogP contribution in [-0.2, 0) is 16.0 Å². The average Bonchev–Trinajstić information content (AvgIpc) is 2.61. The third kappa shape index (κ3) is 1.66. The Bertz CT molecular complexity index is 640. The van der Waals surface area contributed by atoms with Gasteiger partial charge in [0, 0.05) is 23.1 Å². The molecular weight excluding hydrogens is 228 g/mol. The Kier molecular flexibility index (Phi) is 2.55. The molecule has 0 spiro atoms. The third-order valence-corrected chi connectivity index (χ3v) is 3.23. The fourth-order valence-electron chi connectivity index (χ4n) is 2.37. The van der Waals surface area contributed by atoms with Gasteiger partial charge in [0.25, 0.3) is 0 Å². The normalized spacial score (nSPS) is 14.4. The van der Waals surface area contributed by atoms with Crippen LogP contribution < -0.4 is 5.32 Å². The smallest absolute Gasteiger partial charge is 0.354 e. The summed E-state index contributed by atoms with van der Waals surface area (Å²) < 4.78 is 4.75. The third-order valence-electron chi connectivity index (χ3n) is 3.23. The fraction of sp³-hybridized carbons (Fsp3) is 0.214. The second-order valence-corrected chi connectivity index (χ2v) is 4.29. The number of carbonyl (C=O) groups excluding carboxylic acids is 1. The van der Waals surface area contributed by atoms with Crippen LogP contribution in [0.15, 0.2) is 30.0 Å². The largest absolute Gasteiger partial charge is 0.464 e. The summed E-state index contributed by atoms with van der Waals surface area (Å²) in [5.41, 5.74) is 3.84. The monoisotopic (exact) mass is 242 g/mol. The first-order valence-electron chi connectivity index (χ1n) is 5.93. The summed E-state index contributed by atoms with van der Waals surface area (Å²) in [6.45, 7) is 0.732. The second-order valence-electron chi connectivity index (χ2n) is 4.29. The van der Waals surface area contributed by atoms with Crippen molar-refractivity contribution in [2.24, 2.45) is 0 Å². The summed E-state index contributed by atoms with van der Waals surface area (Å²) >= 11 is 0. The number of aromatic amines is 1. The van der Waals surface area contributed by atoms with Crippen LogP contribution in [0.25, 0.3) is 17.0 Å². The second kappa shape index (κ2) is 4.22. The first kappa shape index (κ1) is 10.9. The molecule has 0 unspecified atom stereocenters. The molecular formula is C14H14N2O2. The van der Waals surface area contributed by atoms with Crippen LogP contribution in [0.2, 0.25) is 0 Å². The molecule has 1 aliphatic heterocycles. The van der Waals surface area contributed by atoms with Crippen LogP contribution in [-0.4, -0.2) is 24.6 Å². The first-order chi connectivity index (χ1) is 8.79. The number of nitrogens with one attached hydrogen (secondary N) is 2. The summed E-state index contributed by atoms with van der Waals surface area (Å²) in [5.74, 6) is -0.332. The number of para-hydroxylation sites is 1. The van der Waals surface area contributed by atoms with Gasteiger partial charge in [-0.1, -0.05) is 18.2 Å². The molecule has 1 aliphatic rings. The molecule has 0 saturated heterocycles. The van der Waals surface area contributed by atoms with Gasteiger partial charge in [-0.2, -0.15) is 0 Å². The fourth-order valence-corrected chi connectivity index (χ4v) is 2.37. The van der Waals surface area contributed by atoms with Gasteiger partial charge < -0.3 is 15.0 Å². The number of benzene rings is 1. The molecule has 4 heteroatoms. The van der Waals surface area contributed by atoms with Gasteiger partial charge in [-0.05, 0) is 24.1 Å². The predicted octanol–water partition coefficient (Wildman–Crippen LogP) is 1.83. The minimum absolute atomic E-state index is 0.332. The van der Waals surface area contributed by atoms with E-state index >= 15 is 0 Å². The number of carbonyl (C=O) groups is 1. The Morgan fingerprint density at radius 2 is 2.17 bits per heavy atom. The number of aromatic nitrogens is 1. The zero-order valence-electron chi connectivity index (χ0n) is 10.1. The van der Waals surface area contributed by atoms with Gasteiger partial charge in [0.1, 0.15) is 5.70 Å². The van der Waals surface area contributed by atoms with Crippen LogP contribution in [0.5, 0.6) is 0 Å². The molecule has 2 heterocycles. The minimum atomic E-state index is -0.332. The molecule has 4 nitrogen and oxygen atoms in total. The zero-order chi connectivity index (χ0) is 12.5. The lowest BCUT2D eigenvalue weighted by molar-refractivity contribution is -0.136. The molecule has 0 bridgehead atoms. The Morgan fingerprint density at radius 3 is 3.00 bits per heavy atom. The molecule has 0 fully saturated rings. The number of hydrogen-bond donors (Lipinski definition) is 2.